The normalized spacial score (nSPS) is 19.1. The molecule has 0 saturated carbocycles. The Morgan fingerprint density at radius 2 is 1.75 bits per heavy atom. The van der Waals surface area contributed by atoms with Crippen LogP contribution >= 0.6 is 27.7 Å². The topological polar surface area (TPSA) is 24.8 Å². The van der Waals surface area contributed by atoms with Gasteiger partial charge in [0, 0.05) is 15.4 Å². The number of benzene rings is 3. The minimum atomic E-state index is 0.113. The molecule has 3 aliphatic rings. The fraction of sp³-hybridized carbons (Fsp3) is 0.148. The monoisotopic (exact) mass is 500 g/mol. The molecule has 0 aromatic heterocycles. The summed E-state index contributed by atoms with van der Waals surface area (Å²) in [6.45, 7) is 0. The lowest BCUT2D eigenvalue weighted by molar-refractivity contribution is 0.413. The molecule has 1 atom stereocenters. The Morgan fingerprint density at radius 1 is 0.969 bits per heavy atom. The maximum absolute atomic E-state index is 5.43. The lowest BCUT2D eigenvalue weighted by Crippen LogP contribution is -2.34. The zero-order valence-electron chi connectivity index (χ0n) is 17.6. The number of amidine groups is 1. The van der Waals surface area contributed by atoms with Crippen LogP contribution in [-0.4, -0.2) is 17.2 Å². The maximum atomic E-state index is 5.43. The first-order chi connectivity index (χ1) is 15.7. The Kier molecular flexibility index (Phi) is 4.96. The lowest BCUT2D eigenvalue weighted by atomic mass is 9.82. The molecule has 3 aromatic rings. The van der Waals surface area contributed by atoms with Gasteiger partial charge in [0.1, 0.15) is 5.75 Å². The van der Waals surface area contributed by atoms with Gasteiger partial charge in [-0.25, -0.2) is 4.99 Å². The molecule has 0 unspecified atom stereocenters. The number of thioether (sulfide) groups is 1. The number of hydrogen-bond donors (Lipinski definition) is 0. The second kappa shape index (κ2) is 7.98. The SMILES string of the molecule is COc1ccc([C@H]2C3=C(N=C4SC=C(c5ccc(Br)cc5)N42)c2ccccc2CC3)cc1. The summed E-state index contributed by atoms with van der Waals surface area (Å²) in [4.78, 5) is 7.63. The highest BCUT2D eigenvalue weighted by Gasteiger charge is 2.40. The van der Waals surface area contributed by atoms with Crippen LogP contribution in [0.4, 0.5) is 0 Å². The largest absolute Gasteiger partial charge is 0.497 e. The third-order valence-electron chi connectivity index (χ3n) is 6.35. The second-order valence-corrected chi connectivity index (χ2v) is 9.85. The van der Waals surface area contributed by atoms with Crippen LogP contribution in [0, 0.1) is 0 Å². The van der Waals surface area contributed by atoms with Crippen LogP contribution in [0.5, 0.6) is 5.75 Å². The first-order valence-electron chi connectivity index (χ1n) is 10.7. The molecule has 0 radical (unpaired) electrons. The molecule has 0 fully saturated rings. The number of ether oxygens (including phenoxy) is 1. The van der Waals surface area contributed by atoms with Crippen molar-refractivity contribution in [2.75, 3.05) is 7.11 Å². The predicted molar refractivity (Wildman–Crippen MR) is 136 cm³/mol. The molecule has 2 heterocycles. The van der Waals surface area contributed by atoms with Crippen LogP contribution in [0.25, 0.3) is 11.4 Å². The summed E-state index contributed by atoms with van der Waals surface area (Å²) in [6, 6.07) is 25.9. The molecular weight excluding hydrogens is 480 g/mol. The molecule has 158 valence electrons. The van der Waals surface area contributed by atoms with Gasteiger partial charge in [-0.05, 0) is 59.4 Å². The van der Waals surface area contributed by atoms with Crippen molar-refractivity contribution in [1.82, 2.24) is 4.90 Å². The van der Waals surface area contributed by atoms with Crippen LogP contribution in [0.2, 0.25) is 0 Å². The van der Waals surface area contributed by atoms with Gasteiger partial charge in [-0.3, -0.25) is 0 Å². The maximum Gasteiger partial charge on any atom is 0.174 e. The van der Waals surface area contributed by atoms with E-state index in [1.54, 1.807) is 18.9 Å². The summed E-state index contributed by atoms with van der Waals surface area (Å²) in [7, 11) is 1.71. The molecular formula is C27H21BrN2OS. The summed E-state index contributed by atoms with van der Waals surface area (Å²) < 4.78 is 6.51. The highest BCUT2D eigenvalue weighted by Crippen LogP contribution is 2.51. The van der Waals surface area contributed by atoms with Gasteiger partial charge in [0.05, 0.1) is 24.5 Å². The van der Waals surface area contributed by atoms with Crippen LogP contribution in [0.3, 0.4) is 0 Å². The predicted octanol–water partition coefficient (Wildman–Crippen LogP) is 7.27. The molecule has 0 saturated heterocycles. The van der Waals surface area contributed by atoms with Crippen LogP contribution in [-0.2, 0) is 6.42 Å². The Morgan fingerprint density at radius 3 is 2.53 bits per heavy atom. The smallest absolute Gasteiger partial charge is 0.174 e. The minimum absolute atomic E-state index is 0.113. The zero-order valence-corrected chi connectivity index (χ0v) is 20.0. The molecule has 6 rings (SSSR count). The average molecular weight is 501 g/mol. The third kappa shape index (κ3) is 3.23. The van der Waals surface area contributed by atoms with Gasteiger partial charge < -0.3 is 9.64 Å². The summed E-state index contributed by atoms with van der Waals surface area (Å²) >= 11 is 5.28. The van der Waals surface area contributed by atoms with E-state index >= 15 is 0 Å². The van der Waals surface area contributed by atoms with E-state index in [1.165, 1.54) is 33.5 Å². The minimum Gasteiger partial charge on any atom is -0.497 e. The van der Waals surface area contributed by atoms with E-state index in [4.69, 9.17) is 9.73 Å². The van der Waals surface area contributed by atoms with E-state index in [1.807, 2.05) is 0 Å². The van der Waals surface area contributed by atoms with Gasteiger partial charge in [-0.15, -0.1) is 0 Å². The standard InChI is InChI=1S/C27H21BrN2OS/c1-31-21-13-8-19(9-14-21)26-23-15-10-17-4-2-3-5-22(17)25(23)29-27-30(26)24(16-32-27)18-6-11-20(28)12-7-18/h2-9,11-14,16,26H,10,15H2,1H3/t26-/m0/s1. The van der Waals surface area contributed by atoms with Gasteiger partial charge in [0.2, 0.25) is 0 Å². The Hall–Kier alpha value is -2.76. The molecule has 0 bridgehead atoms. The highest BCUT2D eigenvalue weighted by molar-refractivity contribution is 9.10. The van der Waals surface area contributed by atoms with Gasteiger partial charge in [-0.1, -0.05) is 76.2 Å². The van der Waals surface area contributed by atoms with Crippen LogP contribution in [0.1, 0.15) is 34.7 Å². The van der Waals surface area contributed by atoms with Crippen molar-refractivity contribution in [1.29, 1.82) is 0 Å². The van der Waals surface area contributed by atoms with Crippen LogP contribution < -0.4 is 4.74 Å². The number of nitrogens with zero attached hydrogens (tertiary/aromatic N) is 2. The summed E-state index contributed by atoms with van der Waals surface area (Å²) in [5, 5.41) is 3.28. The summed E-state index contributed by atoms with van der Waals surface area (Å²) in [5.41, 5.74) is 8.87. The molecule has 2 aliphatic heterocycles. The fourth-order valence-corrected chi connectivity index (χ4v) is 5.99. The van der Waals surface area contributed by atoms with Crippen molar-refractivity contribution in [2.45, 2.75) is 18.9 Å². The second-order valence-electron chi connectivity index (χ2n) is 8.10. The van der Waals surface area contributed by atoms with E-state index in [2.05, 4.69) is 99.0 Å². The number of fused-ring (bicyclic) bond motifs is 3. The van der Waals surface area contributed by atoms with Crippen LogP contribution in [0.15, 0.2) is 93.2 Å². The quantitative estimate of drug-likeness (QED) is 0.377. The molecule has 5 heteroatoms. The van der Waals surface area contributed by atoms with E-state index in [-0.39, 0.29) is 6.04 Å². The molecule has 0 N–H and O–H groups in total. The average Bonchev–Trinajstić information content (AvgIpc) is 3.27. The Balaban J connectivity index is 1.52. The first kappa shape index (κ1) is 19.9. The van der Waals surface area contributed by atoms with Crippen molar-refractivity contribution in [2.24, 2.45) is 4.99 Å². The van der Waals surface area contributed by atoms with E-state index in [9.17, 15) is 0 Å². The molecule has 0 spiro atoms. The Labute approximate surface area is 200 Å². The van der Waals surface area contributed by atoms with E-state index in [0.29, 0.717) is 0 Å². The van der Waals surface area contributed by atoms with Crippen molar-refractivity contribution in [3.8, 4) is 5.75 Å². The van der Waals surface area contributed by atoms with Gasteiger partial charge in [-0.2, -0.15) is 0 Å². The van der Waals surface area contributed by atoms with E-state index < -0.39 is 0 Å². The van der Waals surface area contributed by atoms with Crippen molar-refractivity contribution < 1.29 is 4.74 Å². The summed E-state index contributed by atoms with van der Waals surface area (Å²) in [6.07, 6.45) is 2.05. The van der Waals surface area contributed by atoms with Gasteiger partial charge >= 0.3 is 0 Å². The zero-order chi connectivity index (χ0) is 21.7. The first-order valence-corrected chi connectivity index (χ1v) is 12.4. The van der Waals surface area contributed by atoms with Crippen molar-refractivity contribution in [3.05, 3.63) is 111 Å². The molecule has 1 aliphatic carbocycles. The molecule has 32 heavy (non-hydrogen) atoms. The number of methoxy groups -OCH3 is 1. The van der Waals surface area contributed by atoms with Crippen molar-refractivity contribution in [3.63, 3.8) is 0 Å². The highest BCUT2D eigenvalue weighted by atomic mass is 79.9. The number of rotatable bonds is 3. The lowest BCUT2D eigenvalue weighted by Gasteiger charge is -2.39. The summed E-state index contributed by atoms with van der Waals surface area (Å²) in [5.74, 6) is 0.876. The number of hydrogen-bond acceptors (Lipinski definition) is 4. The van der Waals surface area contributed by atoms with Crippen molar-refractivity contribution >= 4 is 44.3 Å². The Bertz CT molecular complexity index is 1290. The third-order valence-corrected chi connectivity index (χ3v) is 7.72. The van der Waals surface area contributed by atoms with Gasteiger partial charge in [0.25, 0.3) is 0 Å². The number of aliphatic imine (C=N–C) groups is 1. The van der Waals surface area contributed by atoms with E-state index in [0.717, 1.165) is 33.9 Å². The number of halogens is 1. The molecule has 0 amide bonds. The molecule has 3 aromatic carbocycles. The number of aryl methyl sites for hydroxylation is 1. The fourth-order valence-electron chi connectivity index (χ4n) is 4.80. The van der Waals surface area contributed by atoms with Gasteiger partial charge in [0.15, 0.2) is 5.17 Å². The molecule has 3 nitrogen and oxygen atoms in total.